The van der Waals surface area contributed by atoms with Gasteiger partial charge in [0, 0.05) is 13.1 Å². The largest absolute Gasteiger partial charge is 0.477 e. The van der Waals surface area contributed by atoms with Gasteiger partial charge in [0.15, 0.2) is 0 Å². The molecular formula is C7H13N2O3+. The van der Waals surface area contributed by atoms with Gasteiger partial charge in [-0.1, -0.05) is 0 Å². The minimum atomic E-state index is -1.11. The Bertz CT molecular complexity index is 211. The zero-order valence-electron chi connectivity index (χ0n) is 6.87. The monoisotopic (exact) mass is 173 g/mol. The quantitative estimate of drug-likeness (QED) is 0.302. The summed E-state index contributed by atoms with van der Waals surface area (Å²) < 4.78 is 0. The van der Waals surface area contributed by atoms with Crippen molar-refractivity contribution in [1.29, 1.82) is 5.41 Å². The van der Waals surface area contributed by atoms with Gasteiger partial charge in [-0.3, -0.25) is 0 Å². The van der Waals surface area contributed by atoms with Crippen LogP contribution in [0.3, 0.4) is 0 Å². The predicted octanol–water partition coefficient (Wildman–Crippen LogP) is -1.45. The van der Waals surface area contributed by atoms with Gasteiger partial charge in [-0.2, -0.15) is 0 Å². The van der Waals surface area contributed by atoms with Crippen LogP contribution in [0, 0.1) is 5.41 Å². The second-order valence-corrected chi connectivity index (χ2v) is 2.26. The first-order valence-electron chi connectivity index (χ1n) is 3.52. The number of nitrogens with one attached hydrogen (secondary N) is 1. The van der Waals surface area contributed by atoms with Crippen LogP contribution in [-0.4, -0.2) is 35.5 Å². The van der Waals surface area contributed by atoms with E-state index < -0.39 is 5.97 Å². The first-order chi connectivity index (χ1) is 5.63. The predicted molar refractivity (Wildman–Crippen MR) is 43.0 cm³/mol. The van der Waals surface area contributed by atoms with Crippen LogP contribution in [0.1, 0.15) is 6.92 Å². The van der Waals surface area contributed by atoms with E-state index in [1.54, 1.807) is 12.2 Å². The van der Waals surface area contributed by atoms with E-state index in [1.165, 1.54) is 0 Å². The molecule has 5 N–H and O–H groups in total. The number of nitrogens with two attached hydrogens (primary N) is 1. The Morgan fingerprint density at radius 3 is 2.58 bits per heavy atom. The van der Waals surface area contributed by atoms with Crippen LogP contribution >= 0.6 is 0 Å². The molecule has 0 atom stereocenters. The highest BCUT2D eigenvalue weighted by molar-refractivity contribution is 6.07. The van der Waals surface area contributed by atoms with Crippen LogP contribution in [0.2, 0.25) is 0 Å². The molecule has 0 spiro atoms. The number of aliphatic carboxylic acids is 1. The standard InChI is InChI=1S/C7H12N2O3/c1-5(9-2-3-10)6(4-8)7(11)12/h4,8-10H,2-3H2,1H3,(H,11,12)/p+1/b6-5+,8-4?. The first kappa shape index (κ1) is 10.8. The van der Waals surface area contributed by atoms with Crippen LogP contribution in [0.25, 0.3) is 0 Å². The normalized spacial score (nSPS) is 12.2. The number of allylic oxidation sites excluding steroid dienone is 1. The Morgan fingerprint density at radius 2 is 2.25 bits per heavy atom. The summed E-state index contributed by atoms with van der Waals surface area (Å²) in [5.41, 5.74) is 0.468. The molecule has 0 amide bonds. The Kier molecular flexibility index (Phi) is 4.91. The van der Waals surface area contributed by atoms with Crippen molar-refractivity contribution in [3.8, 4) is 0 Å². The highest BCUT2D eigenvalue weighted by Crippen LogP contribution is 1.92. The highest BCUT2D eigenvalue weighted by atomic mass is 16.4. The average Bonchev–Trinajstić information content (AvgIpc) is 2.01. The van der Waals surface area contributed by atoms with E-state index in [9.17, 15) is 4.79 Å². The van der Waals surface area contributed by atoms with Crippen LogP contribution < -0.4 is 5.32 Å². The lowest BCUT2D eigenvalue weighted by Gasteiger charge is -2.00. The summed E-state index contributed by atoms with van der Waals surface area (Å²) in [4.78, 5) is 10.4. The van der Waals surface area contributed by atoms with Crippen molar-refractivity contribution in [3.05, 3.63) is 11.3 Å². The van der Waals surface area contributed by atoms with Gasteiger partial charge in [-0.25, -0.2) is 4.79 Å². The van der Waals surface area contributed by atoms with E-state index in [-0.39, 0.29) is 12.2 Å². The van der Waals surface area contributed by atoms with Crippen LogP contribution in [-0.2, 0) is 4.79 Å². The van der Waals surface area contributed by atoms with Crippen molar-refractivity contribution in [2.45, 2.75) is 6.92 Å². The molecule has 5 heteroatoms. The lowest BCUT2D eigenvalue weighted by molar-refractivity contribution is -0.607. The van der Waals surface area contributed by atoms with Gasteiger partial charge < -0.3 is 20.9 Å². The van der Waals surface area contributed by atoms with Crippen LogP contribution in [0.15, 0.2) is 11.3 Å². The maximum atomic E-state index is 10.4. The first-order valence-corrected chi connectivity index (χ1v) is 3.52. The van der Waals surface area contributed by atoms with Gasteiger partial charge in [0.05, 0.1) is 6.61 Å². The smallest absolute Gasteiger partial charge is 0.342 e. The minimum Gasteiger partial charge on any atom is -0.477 e. The second kappa shape index (κ2) is 5.45. The van der Waals surface area contributed by atoms with Gasteiger partial charge in [0.1, 0.15) is 17.8 Å². The molecule has 5 nitrogen and oxygen atoms in total. The van der Waals surface area contributed by atoms with Gasteiger partial charge in [-0.05, 0) is 0 Å². The van der Waals surface area contributed by atoms with E-state index >= 15 is 0 Å². The fourth-order valence-corrected chi connectivity index (χ4v) is 0.735. The van der Waals surface area contributed by atoms with Crippen molar-refractivity contribution < 1.29 is 20.3 Å². The molecule has 0 aromatic heterocycles. The highest BCUT2D eigenvalue weighted by Gasteiger charge is 2.10. The van der Waals surface area contributed by atoms with E-state index in [2.05, 4.69) is 0 Å². The Morgan fingerprint density at radius 1 is 1.67 bits per heavy atom. The summed E-state index contributed by atoms with van der Waals surface area (Å²) in [5.74, 6) is -1.11. The van der Waals surface area contributed by atoms with E-state index in [0.29, 0.717) is 12.2 Å². The van der Waals surface area contributed by atoms with Crippen LogP contribution in [0.5, 0.6) is 0 Å². The third-order valence-electron chi connectivity index (χ3n) is 1.38. The lowest BCUT2D eigenvalue weighted by Crippen LogP contribution is -2.83. The maximum Gasteiger partial charge on any atom is 0.342 e. The summed E-state index contributed by atoms with van der Waals surface area (Å²) in [6.07, 6.45) is 0.797. The van der Waals surface area contributed by atoms with Crippen molar-refractivity contribution in [2.75, 3.05) is 13.2 Å². The number of rotatable bonds is 5. The molecule has 0 saturated carbocycles. The summed E-state index contributed by atoms with van der Waals surface area (Å²) in [6, 6.07) is 0. The number of hydrogen-bond donors (Lipinski definition) is 4. The molecule has 0 radical (unpaired) electrons. The second-order valence-electron chi connectivity index (χ2n) is 2.26. The van der Waals surface area contributed by atoms with Crippen LogP contribution in [0.4, 0.5) is 0 Å². The third-order valence-corrected chi connectivity index (χ3v) is 1.38. The van der Waals surface area contributed by atoms with Crippen molar-refractivity contribution >= 4 is 12.2 Å². The molecule has 0 aromatic rings. The molecule has 0 aromatic carbocycles. The number of hydrogen-bond acceptors (Lipinski definition) is 3. The Labute approximate surface area is 70.2 Å². The lowest BCUT2D eigenvalue weighted by atomic mass is 10.2. The summed E-state index contributed by atoms with van der Waals surface area (Å²) >= 11 is 0. The molecule has 0 aliphatic heterocycles. The van der Waals surface area contributed by atoms with E-state index in [4.69, 9.17) is 15.6 Å². The number of carboxylic acid groups (broad SMARTS) is 1. The summed E-state index contributed by atoms with van der Waals surface area (Å²) in [7, 11) is 0. The molecule has 0 aliphatic carbocycles. The summed E-state index contributed by atoms with van der Waals surface area (Å²) in [5, 5.41) is 25.4. The van der Waals surface area contributed by atoms with Gasteiger partial charge >= 0.3 is 5.97 Å². The molecule has 68 valence electrons. The number of aliphatic hydroxyl groups excluding tert-OH is 1. The fraction of sp³-hybridized carbons (Fsp3) is 0.429. The molecular weight excluding hydrogens is 160 g/mol. The molecule has 0 fully saturated rings. The van der Waals surface area contributed by atoms with Crippen molar-refractivity contribution in [2.24, 2.45) is 0 Å². The molecule has 0 unspecified atom stereocenters. The molecule has 0 heterocycles. The maximum absolute atomic E-state index is 10.4. The topological polar surface area (TPSA) is 98.0 Å². The molecule has 0 saturated heterocycles. The third kappa shape index (κ3) is 3.27. The molecule has 0 aliphatic rings. The minimum absolute atomic E-state index is 0.0117. The van der Waals surface area contributed by atoms with Gasteiger partial charge in [-0.15, -0.1) is 0 Å². The molecule has 0 rings (SSSR count). The zero-order chi connectivity index (χ0) is 9.56. The fourth-order valence-electron chi connectivity index (χ4n) is 0.735. The van der Waals surface area contributed by atoms with Gasteiger partial charge in [0.25, 0.3) is 0 Å². The van der Waals surface area contributed by atoms with E-state index in [0.717, 1.165) is 6.21 Å². The Balaban J connectivity index is 4.38. The van der Waals surface area contributed by atoms with Crippen molar-refractivity contribution in [3.63, 3.8) is 0 Å². The zero-order valence-corrected chi connectivity index (χ0v) is 6.87. The summed E-state index contributed by atoms with van der Waals surface area (Å²) in [6.45, 7) is 2.00. The Hall–Kier alpha value is -1.20. The number of carboxylic acids is 1. The van der Waals surface area contributed by atoms with Gasteiger partial charge in [0.2, 0.25) is 0 Å². The van der Waals surface area contributed by atoms with E-state index in [1.807, 2.05) is 0 Å². The number of quaternary nitrogens is 1. The SMILES string of the molecule is C/C([NH2+]CCO)=C(/C=N)C(=O)O. The number of aliphatic hydroxyl groups is 1. The van der Waals surface area contributed by atoms with Crippen molar-refractivity contribution in [1.82, 2.24) is 0 Å². The molecule has 12 heavy (non-hydrogen) atoms. The molecule has 0 bridgehead atoms. The average molecular weight is 173 g/mol. The number of carbonyl (C=O) groups is 1.